The normalized spacial score (nSPS) is 18.2. The van der Waals surface area contributed by atoms with E-state index in [9.17, 15) is 4.79 Å². The van der Waals surface area contributed by atoms with Crippen molar-refractivity contribution in [3.63, 3.8) is 0 Å². The second-order valence-corrected chi connectivity index (χ2v) is 11.4. The Balaban J connectivity index is 1.73. The molecule has 34 heavy (non-hydrogen) atoms. The van der Waals surface area contributed by atoms with Crippen molar-refractivity contribution in [1.82, 2.24) is 0 Å². The van der Waals surface area contributed by atoms with Crippen molar-refractivity contribution in [1.29, 1.82) is 0 Å². The molecule has 0 amide bonds. The molecule has 4 nitrogen and oxygen atoms in total. The summed E-state index contributed by atoms with van der Waals surface area (Å²) in [5.74, 6) is 3.20. The molecule has 4 heteroatoms. The highest BCUT2D eigenvalue weighted by atomic mass is 16.5. The van der Waals surface area contributed by atoms with Crippen LogP contribution in [0.2, 0.25) is 0 Å². The van der Waals surface area contributed by atoms with Gasteiger partial charge in [0.25, 0.3) is 0 Å². The third kappa shape index (κ3) is 9.15. The van der Waals surface area contributed by atoms with E-state index in [1.165, 1.54) is 56.9 Å². The lowest BCUT2D eigenvalue weighted by Gasteiger charge is -2.30. The fraction of sp³-hybridized carbons (Fsp3) is 0.767. The Bertz CT molecular complexity index is 770. The van der Waals surface area contributed by atoms with E-state index in [0.717, 1.165) is 53.9 Å². The van der Waals surface area contributed by atoms with Gasteiger partial charge in [-0.25, -0.2) is 4.79 Å². The molecule has 1 heterocycles. The summed E-state index contributed by atoms with van der Waals surface area (Å²) in [4.78, 5) is 11.2. The zero-order valence-corrected chi connectivity index (χ0v) is 22.9. The predicted molar refractivity (Wildman–Crippen MR) is 141 cm³/mol. The van der Waals surface area contributed by atoms with Crippen LogP contribution in [0.4, 0.5) is 0 Å². The third-order valence-electron chi connectivity index (χ3n) is 7.55. The van der Waals surface area contributed by atoms with Crippen LogP contribution in [0, 0.1) is 31.6 Å². The first kappa shape index (κ1) is 28.5. The standard InChI is InChI=1S/C30H50O4/c1-20(2)11-8-12-21(3)13-9-14-22(4)15-10-16-26-17-18-27-24(6)28(33-25(7)30(31)32)19-23(5)29(27)34-26/h19-22,25-26H,8-18H2,1-7H3,(H,31,32)/t21-,22-,25?,26-/m1/s1. The van der Waals surface area contributed by atoms with Crippen LogP contribution in [0.15, 0.2) is 6.07 Å². The van der Waals surface area contributed by atoms with Gasteiger partial charge in [0.1, 0.15) is 11.5 Å². The molecule has 0 aromatic heterocycles. The molecule has 1 aromatic carbocycles. The van der Waals surface area contributed by atoms with Crippen LogP contribution in [0.3, 0.4) is 0 Å². The van der Waals surface area contributed by atoms with Crippen LogP contribution in [-0.2, 0) is 11.2 Å². The number of aliphatic carboxylic acids is 1. The molecule has 1 N–H and O–H groups in total. The summed E-state index contributed by atoms with van der Waals surface area (Å²) < 4.78 is 12.1. The Morgan fingerprint density at radius 1 is 1.00 bits per heavy atom. The molecule has 0 saturated heterocycles. The van der Waals surface area contributed by atoms with Crippen molar-refractivity contribution >= 4 is 5.97 Å². The van der Waals surface area contributed by atoms with Gasteiger partial charge >= 0.3 is 5.97 Å². The average molecular weight is 475 g/mol. The molecular formula is C30H50O4. The van der Waals surface area contributed by atoms with Gasteiger partial charge in [0, 0.05) is 5.56 Å². The maximum Gasteiger partial charge on any atom is 0.344 e. The summed E-state index contributed by atoms with van der Waals surface area (Å²) in [5.41, 5.74) is 3.23. The van der Waals surface area contributed by atoms with Crippen LogP contribution in [0.1, 0.15) is 116 Å². The summed E-state index contributed by atoms with van der Waals surface area (Å²) in [6.45, 7) is 15.1. The first-order chi connectivity index (χ1) is 16.1. The number of carboxylic acid groups (broad SMARTS) is 1. The molecule has 1 aliphatic rings. The fourth-order valence-corrected chi connectivity index (χ4v) is 5.16. The summed E-state index contributed by atoms with van der Waals surface area (Å²) in [6, 6.07) is 1.93. The van der Waals surface area contributed by atoms with Crippen molar-refractivity contribution in [2.75, 3.05) is 0 Å². The topological polar surface area (TPSA) is 55.8 Å². The Morgan fingerprint density at radius 3 is 2.18 bits per heavy atom. The SMILES string of the molecule is Cc1cc(OC(C)C(=O)O)c(C)c2c1O[C@H](CCC[C@H](C)CCC[C@H](C)CCCC(C)C)CC2. The number of fused-ring (bicyclic) bond motifs is 1. The van der Waals surface area contributed by atoms with E-state index in [-0.39, 0.29) is 6.10 Å². The van der Waals surface area contributed by atoms with E-state index >= 15 is 0 Å². The molecule has 1 aromatic rings. The fourth-order valence-electron chi connectivity index (χ4n) is 5.16. The average Bonchev–Trinajstić information content (AvgIpc) is 2.76. The Morgan fingerprint density at radius 2 is 1.59 bits per heavy atom. The van der Waals surface area contributed by atoms with E-state index in [2.05, 4.69) is 27.7 Å². The second kappa shape index (κ2) is 14.0. The van der Waals surface area contributed by atoms with Gasteiger partial charge < -0.3 is 14.6 Å². The molecule has 4 atom stereocenters. The monoisotopic (exact) mass is 474 g/mol. The van der Waals surface area contributed by atoms with Crippen molar-refractivity contribution in [3.8, 4) is 11.5 Å². The van der Waals surface area contributed by atoms with E-state index in [1.807, 2.05) is 19.9 Å². The molecule has 1 aliphatic heterocycles. The van der Waals surface area contributed by atoms with Crippen molar-refractivity contribution < 1.29 is 19.4 Å². The summed E-state index contributed by atoms with van der Waals surface area (Å²) in [7, 11) is 0. The quantitative estimate of drug-likeness (QED) is 0.278. The van der Waals surface area contributed by atoms with Gasteiger partial charge in [0.05, 0.1) is 6.10 Å². The van der Waals surface area contributed by atoms with Crippen LogP contribution in [0.25, 0.3) is 0 Å². The summed E-state index contributed by atoms with van der Waals surface area (Å²) in [5, 5.41) is 9.17. The minimum Gasteiger partial charge on any atom is -0.490 e. The highest BCUT2D eigenvalue weighted by Gasteiger charge is 2.26. The predicted octanol–water partition coefficient (Wildman–Crippen LogP) is 8.29. The molecule has 194 valence electrons. The summed E-state index contributed by atoms with van der Waals surface area (Å²) in [6.07, 6.45) is 13.3. The van der Waals surface area contributed by atoms with Gasteiger partial charge in [-0.15, -0.1) is 0 Å². The number of hydrogen-bond donors (Lipinski definition) is 1. The molecule has 0 radical (unpaired) electrons. The number of rotatable bonds is 15. The van der Waals surface area contributed by atoms with Crippen molar-refractivity contribution in [2.24, 2.45) is 17.8 Å². The lowest BCUT2D eigenvalue weighted by atomic mass is 9.90. The summed E-state index contributed by atoms with van der Waals surface area (Å²) >= 11 is 0. The van der Waals surface area contributed by atoms with Gasteiger partial charge in [-0.1, -0.05) is 72.6 Å². The molecule has 0 spiro atoms. The Labute approximate surface area is 208 Å². The number of hydrogen-bond acceptors (Lipinski definition) is 3. The van der Waals surface area contributed by atoms with Crippen LogP contribution >= 0.6 is 0 Å². The highest BCUT2D eigenvalue weighted by molar-refractivity contribution is 5.72. The number of ether oxygens (including phenoxy) is 2. The maximum absolute atomic E-state index is 11.2. The van der Waals surface area contributed by atoms with Crippen LogP contribution in [0.5, 0.6) is 11.5 Å². The van der Waals surface area contributed by atoms with E-state index in [1.54, 1.807) is 6.92 Å². The molecule has 0 bridgehead atoms. The van der Waals surface area contributed by atoms with Crippen molar-refractivity contribution in [3.05, 3.63) is 22.8 Å². The molecule has 0 aliphatic carbocycles. The number of carbonyl (C=O) groups is 1. The van der Waals surface area contributed by atoms with E-state index in [4.69, 9.17) is 14.6 Å². The van der Waals surface area contributed by atoms with Gasteiger partial charge in [0.2, 0.25) is 0 Å². The minimum absolute atomic E-state index is 0.281. The molecular weight excluding hydrogens is 424 g/mol. The number of benzene rings is 1. The van der Waals surface area contributed by atoms with E-state index in [0.29, 0.717) is 5.75 Å². The third-order valence-corrected chi connectivity index (χ3v) is 7.55. The van der Waals surface area contributed by atoms with Crippen LogP contribution < -0.4 is 9.47 Å². The smallest absolute Gasteiger partial charge is 0.344 e. The second-order valence-electron chi connectivity index (χ2n) is 11.4. The minimum atomic E-state index is -0.948. The molecule has 0 saturated carbocycles. The van der Waals surface area contributed by atoms with Crippen molar-refractivity contribution in [2.45, 2.75) is 131 Å². The van der Waals surface area contributed by atoms with E-state index < -0.39 is 12.1 Å². The van der Waals surface area contributed by atoms with Gasteiger partial charge in [-0.2, -0.15) is 0 Å². The highest BCUT2D eigenvalue weighted by Crippen LogP contribution is 2.39. The molecule has 0 fully saturated rings. The van der Waals surface area contributed by atoms with Gasteiger partial charge in [0.15, 0.2) is 6.10 Å². The van der Waals surface area contributed by atoms with Gasteiger partial charge in [-0.05, 0) is 81.4 Å². The maximum atomic E-state index is 11.2. The lowest BCUT2D eigenvalue weighted by Crippen LogP contribution is -2.26. The molecule has 2 rings (SSSR count). The number of carboxylic acids is 1. The Hall–Kier alpha value is -1.71. The number of aryl methyl sites for hydroxylation is 1. The Kier molecular flexibility index (Phi) is 11.7. The molecule has 1 unspecified atom stereocenters. The first-order valence-corrected chi connectivity index (χ1v) is 13.8. The lowest BCUT2D eigenvalue weighted by molar-refractivity contribution is -0.144. The van der Waals surface area contributed by atoms with Crippen LogP contribution in [-0.4, -0.2) is 23.3 Å². The van der Waals surface area contributed by atoms with Gasteiger partial charge in [-0.3, -0.25) is 0 Å². The zero-order chi connectivity index (χ0) is 25.3. The first-order valence-electron chi connectivity index (χ1n) is 13.8. The largest absolute Gasteiger partial charge is 0.490 e. The zero-order valence-electron chi connectivity index (χ0n) is 22.9.